The van der Waals surface area contributed by atoms with E-state index in [1.807, 2.05) is 32.0 Å². The van der Waals surface area contributed by atoms with Crippen LogP contribution in [0.1, 0.15) is 30.9 Å². The molecule has 0 aliphatic rings. The van der Waals surface area contributed by atoms with Crippen LogP contribution in [0.4, 0.5) is 0 Å². The van der Waals surface area contributed by atoms with Crippen LogP contribution in [0.15, 0.2) is 18.2 Å². The van der Waals surface area contributed by atoms with Crippen molar-refractivity contribution in [3.8, 4) is 5.75 Å². The molecule has 0 unspecified atom stereocenters. The van der Waals surface area contributed by atoms with Crippen molar-refractivity contribution in [2.24, 2.45) is 0 Å². The average Bonchev–Trinajstić information content (AvgIpc) is 2.50. The van der Waals surface area contributed by atoms with Crippen molar-refractivity contribution in [3.63, 3.8) is 0 Å². The zero-order valence-electron chi connectivity index (χ0n) is 13.9. The van der Waals surface area contributed by atoms with Gasteiger partial charge in [-0.3, -0.25) is 9.59 Å². The molecule has 0 bridgehead atoms. The summed E-state index contributed by atoms with van der Waals surface area (Å²) >= 11 is 0. The quantitative estimate of drug-likeness (QED) is 0.671. The molecule has 0 aromatic heterocycles. The van der Waals surface area contributed by atoms with Gasteiger partial charge < -0.3 is 20.2 Å². The first kappa shape index (κ1) is 18.7. The highest BCUT2D eigenvalue weighted by atomic mass is 16.5. The number of Topliss-reactive ketones (excluding diaryl/α,β-unsaturated/α-hetero) is 1. The molecule has 2 amide bonds. The van der Waals surface area contributed by atoms with Crippen LogP contribution in [0.5, 0.6) is 5.75 Å². The fourth-order valence-corrected chi connectivity index (χ4v) is 1.79. The summed E-state index contributed by atoms with van der Waals surface area (Å²) in [5.41, 5.74) is 2.28. The Balaban J connectivity index is 2.16. The van der Waals surface area contributed by atoms with Crippen LogP contribution < -0.4 is 15.4 Å². The van der Waals surface area contributed by atoms with Crippen molar-refractivity contribution in [1.82, 2.24) is 10.6 Å². The lowest BCUT2D eigenvalue weighted by atomic mass is 10.1. The lowest BCUT2D eigenvalue weighted by Crippen LogP contribution is -2.36. The number of carbonyl (C=O) groups excluding carboxylic acids is 3. The fourth-order valence-electron chi connectivity index (χ4n) is 1.79. The van der Waals surface area contributed by atoms with Crippen molar-refractivity contribution >= 4 is 17.6 Å². The molecule has 2 N–H and O–H groups in total. The molecule has 0 aliphatic heterocycles. The standard InChI is InChI=1S/C17H24N2O4/c1-12-4-6-15(10-13(12)2)23-11-17(22)19-9-8-18-16(21)7-5-14(3)20/h4,6,10H,5,7-9,11H2,1-3H3,(H,18,21)(H,19,22). The van der Waals surface area contributed by atoms with E-state index in [0.717, 1.165) is 5.56 Å². The van der Waals surface area contributed by atoms with E-state index >= 15 is 0 Å². The molecule has 6 nitrogen and oxygen atoms in total. The maximum Gasteiger partial charge on any atom is 0.258 e. The Morgan fingerprint density at radius 1 is 0.957 bits per heavy atom. The van der Waals surface area contributed by atoms with E-state index in [2.05, 4.69) is 10.6 Å². The van der Waals surface area contributed by atoms with Gasteiger partial charge in [-0.05, 0) is 44.0 Å². The number of nitrogens with one attached hydrogen (secondary N) is 2. The third-order valence-corrected chi connectivity index (χ3v) is 3.32. The van der Waals surface area contributed by atoms with Gasteiger partial charge in [-0.15, -0.1) is 0 Å². The van der Waals surface area contributed by atoms with Gasteiger partial charge in [0.2, 0.25) is 5.91 Å². The Kier molecular flexibility index (Phi) is 7.80. The van der Waals surface area contributed by atoms with Gasteiger partial charge in [0.1, 0.15) is 11.5 Å². The molecule has 0 fully saturated rings. The van der Waals surface area contributed by atoms with Crippen molar-refractivity contribution in [2.75, 3.05) is 19.7 Å². The first-order chi connectivity index (χ1) is 10.9. The summed E-state index contributed by atoms with van der Waals surface area (Å²) in [4.78, 5) is 33.7. The molecule has 0 heterocycles. The Morgan fingerprint density at radius 3 is 2.22 bits per heavy atom. The summed E-state index contributed by atoms with van der Waals surface area (Å²) in [7, 11) is 0. The fraction of sp³-hybridized carbons (Fsp3) is 0.471. The molecule has 23 heavy (non-hydrogen) atoms. The third kappa shape index (κ3) is 7.99. The van der Waals surface area contributed by atoms with Gasteiger partial charge in [0.05, 0.1) is 0 Å². The monoisotopic (exact) mass is 320 g/mol. The number of carbonyl (C=O) groups is 3. The molecule has 1 rings (SSSR count). The van der Waals surface area contributed by atoms with Gasteiger partial charge in [0.25, 0.3) is 5.91 Å². The number of ketones is 1. The van der Waals surface area contributed by atoms with Crippen molar-refractivity contribution in [2.45, 2.75) is 33.6 Å². The third-order valence-electron chi connectivity index (χ3n) is 3.32. The van der Waals surface area contributed by atoms with Gasteiger partial charge >= 0.3 is 0 Å². The number of amides is 2. The molecular formula is C17H24N2O4. The number of hydrogen-bond donors (Lipinski definition) is 2. The van der Waals surface area contributed by atoms with E-state index in [1.54, 1.807) is 0 Å². The van der Waals surface area contributed by atoms with Crippen molar-refractivity contribution < 1.29 is 19.1 Å². The molecule has 1 aromatic carbocycles. The minimum Gasteiger partial charge on any atom is -0.484 e. The lowest BCUT2D eigenvalue weighted by Gasteiger charge is -2.09. The molecule has 0 radical (unpaired) electrons. The summed E-state index contributed by atoms with van der Waals surface area (Å²) in [5.74, 6) is 0.194. The zero-order chi connectivity index (χ0) is 17.2. The second kappa shape index (κ2) is 9.61. The van der Waals surface area contributed by atoms with Crippen molar-refractivity contribution in [3.05, 3.63) is 29.3 Å². The Labute approximate surface area is 136 Å². The minimum absolute atomic E-state index is 0.0167. The zero-order valence-corrected chi connectivity index (χ0v) is 13.9. The predicted octanol–water partition coefficient (Wildman–Crippen LogP) is 1.28. The van der Waals surface area contributed by atoms with Crippen LogP contribution >= 0.6 is 0 Å². The van der Waals surface area contributed by atoms with Crippen LogP contribution in [0, 0.1) is 13.8 Å². The molecule has 0 saturated carbocycles. The topological polar surface area (TPSA) is 84.5 Å². The molecule has 6 heteroatoms. The first-order valence-electron chi connectivity index (χ1n) is 7.61. The summed E-state index contributed by atoms with van der Waals surface area (Å²) in [6.45, 7) is 6.02. The van der Waals surface area contributed by atoms with Crippen LogP contribution in [0.2, 0.25) is 0 Å². The number of benzene rings is 1. The summed E-state index contributed by atoms with van der Waals surface area (Å²) < 4.78 is 5.41. The van der Waals surface area contributed by atoms with Gasteiger partial charge in [-0.1, -0.05) is 6.07 Å². The van der Waals surface area contributed by atoms with Crippen LogP contribution in [0.3, 0.4) is 0 Å². The van der Waals surface area contributed by atoms with Crippen LogP contribution in [-0.4, -0.2) is 37.3 Å². The molecule has 0 spiro atoms. The second-order valence-corrected chi connectivity index (χ2v) is 5.44. The molecule has 0 aliphatic carbocycles. The maximum atomic E-state index is 11.6. The van der Waals surface area contributed by atoms with Gasteiger partial charge in [0.15, 0.2) is 6.61 Å². The summed E-state index contributed by atoms with van der Waals surface area (Å²) in [6, 6.07) is 5.65. The molecule has 126 valence electrons. The number of hydrogen-bond acceptors (Lipinski definition) is 4. The Bertz CT molecular complexity index is 570. The number of ether oxygens (including phenoxy) is 1. The van der Waals surface area contributed by atoms with Gasteiger partial charge in [0, 0.05) is 25.9 Å². The molecule has 1 aromatic rings. The maximum absolute atomic E-state index is 11.6. The van der Waals surface area contributed by atoms with Crippen molar-refractivity contribution in [1.29, 1.82) is 0 Å². The van der Waals surface area contributed by atoms with E-state index in [-0.39, 0.29) is 37.0 Å². The number of rotatable bonds is 9. The largest absolute Gasteiger partial charge is 0.484 e. The smallest absolute Gasteiger partial charge is 0.258 e. The van der Waals surface area contributed by atoms with Crippen LogP contribution in [-0.2, 0) is 14.4 Å². The minimum atomic E-state index is -0.249. The number of aryl methyl sites for hydroxylation is 2. The second-order valence-electron chi connectivity index (χ2n) is 5.44. The Morgan fingerprint density at radius 2 is 1.61 bits per heavy atom. The lowest BCUT2D eigenvalue weighted by molar-refractivity contribution is -0.125. The predicted molar refractivity (Wildman–Crippen MR) is 87.3 cm³/mol. The highest BCUT2D eigenvalue weighted by Crippen LogP contribution is 2.16. The molecule has 0 saturated heterocycles. The van der Waals surface area contributed by atoms with Crippen LogP contribution in [0.25, 0.3) is 0 Å². The highest BCUT2D eigenvalue weighted by Gasteiger charge is 2.05. The van der Waals surface area contributed by atoms with E-state index in [4.69, 9.17) is 4.74 Å². The SMILES string of the molecule is CC(=O)CCC(=O)NCCNC(=O)COc1ccc(C)c(C)c1. The van der Waals surface area contributed by atoms with Gasteiger partial charge in [-0.2, -0.15) is 0 Å². The summed E-state index contributed by atoms with van der Waals surface area (Å²) in [5, 5.41) is 5.29. The molecular weight excluding hydrogens is 296 g/mol. The van der Waals surface area contributed by atoms with Gasteiger partial charge in [-0.25, -0.2) is 0 Å². The molecule has 0 atom stereocenters. The highest BCUT2D eigenvalue weighted by molar-refractivity contribution is 5.83. The van der Waals surface area contributed by atoms with E-state index in [0.29, 0.717) is 18.8 Å². The van der Waals surface area contributed by atoms with E-state index < -0.39 is 0 Å². The summed E-state index contributed by atoms with van der Waals surface area (Å²) in [6.07, 6.45) is 0.418. The Hall–Kier alpha value is -2.37. The average molecular weight is 320 g/mol. The van der Waals surface area contributed by atoms with E-state index in [1.165, 1.54) is 12.5 Å². The normalized spacial score (nSPS) is 10.0. The first-order valence-corrected chi connectivity index (χ1v) is 7.61. The van der Waals surface area contributed by atoms with E-state index in [9.17, 15) is 14.4 Å².